The normalized spacial score (nSPS) is 12.6. The fraction of sp³-hybridized carbons (Fsp3) is 0.818. The summed E-state index contributed by atoms with van der Waals surface area (Å²) in [5.74, 6) is -0.0413. The van der Waals surface area contributed by atoms with Gasteiger partial charge in [-0.25, -0.2) is 0 Å². The third-order valence-corrected chi connectivity index (χ3v) is 2.31. The Morgan fingerprint density at radius 2 is 1.88 bits per heavy atom. The minimum absolute atomic E-state index is 0.0316. The maximum atomic E-state index is 11.8. The van der Waals surface area contributed by atoms with Gasteiger partial charge in [-0.2, -0.15) is 0 Å². The third-order valence-electron chi connectivity index (χ3n) is 2.31. The molecule has 0 aliphatic rings. The fourth-order valence-electron chi connectivity index (χ4n) is 1.38. The van der Waals surface area contributed by atoms with Crippen LogP contribution in [0.5, 0.6) is 0 Å². The van der Waals surface area contributed by atoms with Crippen LogP contribution in [-0.2, 0) is 9.59 Å². The van der Waals surface area contributed by atoms with Gasteiger partial charge in [0, 0.05) is 13.0 Å². The van der Waals surface area contributed by atoms with Crippen molar-refractivity contribution in [1.29, 1.82) is 0 Å². The van der Waals surface area contributed by atoms with E-state index in [9.17, 15) is 9.59 Å². The summed E-state index contributed by atoms with van der Waals surface area (Å²) in [4.78, 5) is 24.6. The van der Waals surface area contributed by atoms with Crippen molar-refractivity contribution in [1.82, 2.24) is 15.5 Å². The summed E-state index contributed by atoms with van der Waals surface area (Å²) in [7, 11) is 5.49. The van der Waals surface area contributed by atoms with Gasteiger partial charge in [-0.3, -0.25) is 14.5 Å². The number of rotatable bonds is 8. The van der Waals surface area contributed by atoms with E-state index < -0.39 is 0 Å². The van der Waals surface area contributed by atoms with Crippen molar-refractivity contribution in [2.45, 2.75) is 25.8 Å². The first kappa shape index (κ1) is 15.1. The molecule has 0 rings (SSSR count). The zero-order chi connectivity index (χ0) is 12.6. The van der Waals surface area contributed by atoms with Crippen LogP contribution in [0.4, 0.5) is 0 Å². The summed E-state index contributed by atoms with van der Waals surface area (Å²) < 4.78 is 0. The first-order valence-electron chi connectivity index (χ1n) is 5.57. The van der Waals surface area contributed by atoms with E-state index in [2.05, 4.69) is 10.6 Å². The van der Waals surface area contributed by atoms with Crippen molar-refractivity contribution >= 4 is 11.7 Å². The van der Waals surface area contributed by atoms with E-state index in [1.165, 1.54) is 6.92 Å². The summed E-state index contributed by atoms with van der Waals surface area (Å²) in [5.41, 5.74) is 0. The molecule has 0 fully saturated rings. The van der Waals surface area contributed by atoms with Gasteiger partial charge in [0.2, 0.25) is 5.91 Å². The molecule has 0 heterocycles. The maximum absolute atomic E-state index is 11.8. The SMILES string of the molecule is CNCCCNC(=O)[C@@H](CC(C)=O)N(C)C. The Balaban J connectivity index is 4.02. The van der Waals surface area contributed by atoms with Crippen LogP contribution >= 0.6 is 0 Å². The lowest BCUT2D eigenvalue weighted by Crippen LogP contribution is -2.45. The van der Waals surface area contributed by atoms with Gasteiger partial charge in [0.05, 0.1) is 6.04 Å². The average molecular weight is 229 g/mol. The minimum atomic E-state index is -0.355. The molecule has 16 heavy (non-hydrogen) atoms. The molecule has 1 amide bonds. The van der Waals surface area contributed by atoms with Crippen molar-refractivity contribution in [3.8, 4) is 0 Å². The summed E-state index contributed by atoms with van der Waals surface area (Å²) in [5, 5.41) is 5.84. The van der Waals surface area contributed by atoms with Crippen LogP contribution < -0.4 is 10.6 Å². The first-order chi connectivity index (χ1) is 7.49. The highest BCUT2D eigenvalue weighted by molar-refractivity contribution is 5.88. The largest absolute Gasteiger partial charge is 0.355 e. The van der Waals surface area contributed by atoms with E-state index in [1.807, 2.05) is 7.05 Å². The quantitative estimate of drug-likeness (QED) is 0.557. The molecule has 0 aromatic rings. The Bertz CT molecular complexity index is 229. The number of hydrogen-bond donors (Lipinski definition) is 2. The molecule has 0 aliphatic heterocycles. The van der Waals surface area contributed by atoms with Gasteiger partial charge in [-0.05, 0) is 41.0 Å². The van der Waals surface area contributed by atoms with Crippen molar-refractivity contribution in [3.05, 3.63) is 0 Å². The average Bonchev–Trinajstić information content (AvgIpc) is 2.20. The van der Waals surface area contributed by atoms with Gasteiger partial charge in [0.1, 0.15) is 5.78 Å². The first-order valence-corrected chi connectivity index (χ1v) is 5.57. The van der Waals surface area contributed by atoms with E-state index in [0.29, 0.717) is 6.54 Å². The van der Waals surface area contributed by atoms with Gasteiger partial charge in [-0.15, -0.1) is 0 Å². The number of hydrogen-bond acceptors (Lipinski definition) is 4. The van der Waals surface area contributed by atoms with Crippen LogP contribution in [0.3, 0.4) is 0 Å². The molecule has 5 heteroatoms. The fourth-order valence-corrected chi connectivity index (χ4v) is 1.38. The van der Waals surface area contributed by atoms with E-state index in [0.717, 1.165) is 13.0 Å². The smallest absolute Gasteiger partial charge is 0.237 e. The Labute approximate surface area is 97.6 Å². The van der Waals surface area contributed by atoms with Gasteiger partial charge in [-0.1, -0.05) is 0 Å². The molecule has 0 radical (unpaired) electrons. The van der Waals surface area contributed by atoms with E-state index in [1.54, 1.807) is 19.0 Å². The third kappa shape index (κ3) is 6.53. The molecule has 0 spiro atoms. The number of ketones is 1. The highest BCUT2D eigenvalue weighted by atomic mass is 16.2. The summed E-state index contributed by atoms with van der Waals surface area (Å²) in [6, 6.07) is -0.355. The summed E-state index contributed by atoms with van der Waals surface area (Å²) >= 11 is 0. The van der Waals surface area contributed by atoms with Crippen molar-refractivity contribution in [3.63, 3.8) is 0 Å². The van der Waals surface area contributed by atoms with E-state index in [-0.39, 0.29) is 24.2 Å². The predicted octanol–water partition coefficient (Wildman–Crippen LogP) is -0.379. The van der Waals surface area contributed by atoms with Crippen molar-refractivity contribution < 1.29 is 9.59 Å². The number of carbonyl (C=O) groups is 2. The molecule has 1 atom stereocenters. The lowest BCUT2D eigenvalue weighted by atomic mass is 10.1. The molecule has 0 aromatic heterocycles. The van der Waals surface area contributed by atoms with Gasteiger partial charge < -0.3 is 10.6 Å². The summed E-state index contributed by atoms with van der Waals surface area (Å²) in [6.45, 7) is 3.02. The molecule has 2 N–H and O–H groups in total. The topological polar surface area (TPSA) is 61.4 Å². The van der Waals surface area contributed by atoms with Crippen molar-refractivity contribution in [2.24, 2.45) is 0 Å². The number of nitrogens with one attached hydrogen (secondary N) is 2. The second-order valence-corrected chi connectivity index (χ2v) is 4.13. The highest BCUT2D eigenvalue weighted by Gasteiger charge is 2.21. The zero-order valence-corrected chi connectivity index (χ0v) is 10.7. The molecule has 0 unspecified atom stereocenters. The zero-order valence-electron chi connectivity index (χ0n) is 10.7. The van der Waals surface area contributed by atoms with E-state index in [4.69, 9.17) is 0 Å². The Kier molecular flexibility index (Phi) is 7.76. The second-order valence-electron chi connectivity index (χ2n) is 4.13. The number of carbonyl (C=O) groups excluding carboxylic acids is 2. The Hall–Kier alpha value is -0.940. The maximum Gasteiger partial charge on any atom is 0.237 e. The Morgan fingerprint density at radius 1 is 1.25 bits per heavy atom. The molecule has 0 aliphatic carbocycles. The molecule has 5 nitrogen and oxygen atoms in total. The predicted molar refractivity (Wildman–Crippen MR) is 64.3 cm³/mol. The molecule has 0 saturated carbocycles. The van der Waals surface area contributed by atoms with Gasteiger partial charge in [0.25, 0.3) is 0 Å². The van der Waals surface area contributed by atoms with Crippen LogP contribution in [0.1, 0.15) is 19.8 Å². The minimum Gasteiger partial charge on any atom is -0.355 e. The number of Topliss-reactive ketones (excluding diaryl/α,β-unsaturated/α-hetero) is 1. The molecule has 0 bridgehead atoms. The standard InChI is InChI=1S/C11H23N3O2/c1-9(15)8-10(14(3)4)11(16)13-7-5-6-12-2/h10,12H,5-8H2,1-4H3,(H,13,16)/t10-/m1/s1. The monoisotopic (exact) mass is 229 g/mol. The van der Waals surface area contributed by atoms with Crippen molar-refractivity contribution in [2.75, 3.05) is 34.2 Å². The molecule has 94 valence electrons. The van der Waals surface area contributed by atoms with Crippen LogP contribution in [0.25, 0.3) is 0 Å². The molecule has 0 saturated heterocycles. The van der Waals surface area contributed by atoms with Crippen LogP contribution in [0.15, 0.2) is 0 Å². The number of nitrogens with zero attached hydrogens (tertiary/aromatic N) is 1. The van der Waals surface area contributed by atoms with Crippen LogP contribution in [-0.4, -0.2) is 56.9 Å². The number of likely N-dealkylation sites (N-methyl/N-ethyl adjacent to an activating group) is 1. The lowest BCUT2D eigenvalue weighted by molar-refractivity contribution is -0.129. The second kappa shape index (κ2) is 8.24. The number of amides is 1. The molecular weight excluding hydrogens is 206 g/mol. The lowest BCUT2D eigenvalue weighted by Gasteiger charge is -2.22. The van der Waals surface area contributed by atoms with Crippen LogP contribution in [0, 0.1) is 0 Å². The molecular formula is C11H23N3O2. The summed E-state index contributed by atoms with van der Waals surface area (Å²) in [6.07, 6.45) is 1.16. The van der Waals surface area contributed by atoms with E-state index >= 15 is 0 Å². The Morgan fingerprint density at radius 3 is 2.31 bits per heavy atom. The molecule has 0 aromatic carbocycles. The van der Waals surface area contributed by atoms with Gasteiger partial charge >= 0.3 is 0 Å². The highest BCUT2D eigenvalue weighted by Crippen LogP contribution is 2.00. The van der Waals surface area contributed by atoms with Gasteiger partial charge in [0.15, 0.2) is 0 Å². The van der Waals surface area contributed by atoms with Crippen LogP contribution in [0.2, 0.25) is 0 Å².